The number of rotatable bonds is 4. The van der Waals surface area contributed by atoms with E-state index in [2.05, 4.69) is 44.4 Å². The minimum atomic E-state index is 0.709. The Morgan fingerprint density at radius 3 is 2.10 bits per heavy atom. The van der Waals surface area contributed by atoms with Crippen LogP contribution in [0, 0.1) is 17.8 Å². The van der Waals surface area contributed by atoms with Crippen molar-refractivity contribution < 1.29 is 0 Å². The molecule has 1 aliphatic heterocycles. The second kappa shape index (κ2) is 7.26. The molecule has 0 spiro atoms. The smallest absolute Gasteiger partial charge is 0.0195 e. The van der Waals surface area contributed by atoms with Crippen LogP contribution >= 0.6 is 0 Å². The summed E-state index contributed by atoms with van der Waals surface area (Å²) in [6.07, 6.45) is 5.89. The Morgan fingerprint density at radius 2 is 1.60 bits per heavy atom. The van der Waals surface area contributed by atoms with Gasteiger partial charge in [0, 0.05) is 38.3 Å². The fourth-order valence-corrected chi connectivity index (χ4v) is 4.13. The number of hydrogen-bond donors (Lipinski definition) is 0. The molecule has 1 aliphatic carbocycles. The number of piperazine rings is 1. The molecule has 0 aromatic heterocycles. The van der Waals surface area contributed by atoms with Crippen LogP contribution in [-0.2, 0) is 0 Å². The molecule has 2 nitrogen and oxygen atoms in total. The lowest BCUT2D eigenvalue weighted by Crippen LogP contribution is -2.54. The van der Waals surface area contributed by atoms with Gasteiger partial charge >= 0.3 is 0 Å². The van der Waals surface area contributed by atoms with Gasteiger partial charge < -0.3 is 0 Å². The van der Waals surface area contributed by atoms with Gasteiger partial charge in [0.25, 0.3) is 0 Å². The molecule has 2 aliphatic rings. The van der Waals surface area contributed by atoms with E-state index in [1.807, 2.05) is 0 Å². The van der Waals surface area contributed by atoms with Gasteiger partial charge in [-0.1, -0.05) is 13.8 Å². The Kier molecular flexibility index (Phi) is 5.92. The summed E-state index contributed by atoms with van der Waals surface area (Å²) in [5.41, 5.74) is 0. The van der Waals surface area contributed by atoms with Crippen molar-refractivity contribution in [1.29, 1.82) is 0 Å². The Labute approximate surface area is 126 Å². The first kappa shape index (κ1) is 16.3. The third-order valence-electron chi connectivity index (χ3n) is 5.85. The van der Waals surface area contributed by atoms with Crippen molar-refractivity contribution >= 4 is 0 Å². The van der Waals surface area contributed by atoms with Gasteiger partial charge in [-0.2, -0.15) is 0 Å². The van der Waals surface area contributed by atoms with Crippen molar-refractivity contribution in [2.24, 2.45) is 17.8 Å². The minimum absolute atomic E-state index is 0.709. The Morgan fingerprint density at radius 1 is 0.950 bits per heavy atom. The molecule has 0 unspecified atom stereocenters. The zero-order valence-corrected chi connectivity index (χ0v) is 14.4. The van der Waals surface area contributed by atoms with Crippen LogP contribution in [-0.4, -0.2) is 48.1 Å². The maximum Gasteiger partial charge on any atom is 0.0195 e. The molecular formula is C18H36N2. The minimum Gasteiger partial charge on any atom is -0.298 e. The standard InChI is InChI=1S/C18H36N2/c1-14(2)18-8-6-17(7-9-18)13-20-11-10-19(15(3)4)12-16(20)5/h14-18H,6-13H2,1-5H3/t16-,17?,18?/m0/s1. The van der Waals surface area contributed by atoms with Crippen LogP contribution in [0.3, 0.4) is 0 Å². The highest BCUT2D eigenvalue weighted by Gasteiger charge is 2.29. The first-order valence-corrected chi connectivity index (χ1v) is 8.95. The van der Waals surface area contributed by atoms with Crippen molar-refractivity contribution in [2.75, 3.05) is 26.2 Å². The lowest BCUT2D eigenvalue weighted by atomic mass is 9.77. The topological polar surface area (TPSA) is 6.48 Å². The summed E-state index contributed by atoms with van der Waals surface area (Å²) in [4.78, 5) is 5.40. The van der Waals surface area contributed by atoms with Crippen molar-refractivity contribution in [1.82, 2.24) is 9.80 Å². The Bertz CT molecular complexity index is 279. The Balaban J connectivity index is 1.75. The van der Waals surface area contributed by atoms with Crippen molar-refractivity contribution in [3.63, 3.8) is 0 Å². The summed E-state index contributed by atoms with van der Waals surface area (Å²) in [5.74, 6) is 2.86. The fourth-order valence-electron chi connectivity index (χ4n) is 4.13. The average Bonchev–Trinajstić information content (AvgIpc) is 2.41. The van der Waals surface area contributed by atoms with Gasteiger partial charge in [0.2, 0.25) is 0 Å². The van der Waals surface area contributed by atoms with E-state index in [-0.39, 0.29) is 0 Å². The van der Waals surface area contributed by atoms with Crippen molar-refractivity contribution in [3.05, 3.63) is 0 Å². The van der Waals surface area contributed by atoms with E-state index in [4.69, 9.17) is 0 Å². The second-order valence-corrected chi connectivity index (χ2v) is 7.96. The maximum atomic E-state index is 2.76. The van der Waals surface area contributed by atoms with Crippen molar-refractivity contribution in [3.8, 4) is 0 Å². The highest BCUT2D eigenvalue weighted by Crippen LogP contribution is 2.34. The van der Waals surface area contributed by atoms with Crippen LogP contribution in [0.4, 0.5) is 0 Å². The average molecular weight is 281 g/mol. The molecule has 2 heteroatoms. The quantitative estimate of drug-likeness (QED) is 0.771. The molecule has 0 bridgehead atoms. The summed E-state index contributed by atoms with van der Waals surface area (Å²) in [6.45, 7) is 17.1. The van der Waals surface area contributed by atoms with E-state index in [0.29, 0.717) is 6.04 Å². The van der Waals surface area contributed by atoms with E-state index < -0.39 is 0 Å². The third-order valence-corrected chi connectivity index (χ3v) is 5.85. The summed E-state index contributed by atoms with van der Waals surface area (Å²) >= 11 is 0. The van der Waals surface area contributed by atoms with E-state index >= 15 is 0 Å². The summed E-state index contributed by atoms with van der Waals surface area (Å²) in [6, 6.07) is 1.45. The molecular weight excluding hydrogens is 244 g/mol. The van der Waals surface area contributed by atoms with Crippen LogP contribution in [0.2, 0.25) is 0 Å². The Hall–Kier alpha value is -0.0800. The van der Waals surface area contributed by atoms with E-state index in [1.165, 1.54) is 51.9 Å². The van der Waals surface area contributed by atoms with Gasteiger partial charge in [-0.05, 0) is 64.2 Å². The normalized spacial score (nSPS) is 34.0. The molecule has 0 aromatic carbocycles. The largest absolute Gasteiger partial charge is 0.298 e. The van der Waals surface area contributed by atoms with Gasteiger partial charge in [0.1, 0.15) is 0 Å². The SMILES string of the molecule is CC(C)C1CCC(CN2CCN(C(C)C)C[C@@H]2C)CC1. The molecule has 1 saturated carbocycles. The molecule has 0 amide bonds. The first-order chi connectivity index (χ1) is 9.47. The molecule has 1 atom stereocenters. The van der Waals surface area contributed by atoms with Gasteiger partial charge in [0.05, 0.1) is 0 Å². The van der Waals surface area contributed by atoms with Crippen LogP contribution in [0.1, 0.15) is 60.3 Å². The molecule has 2 rings (SSSR count). The van der Waals surface area contributed by atoms with Gasteiger partial charge in [-0.25, -0.2) is 0 Å². The van der Waals surface area contributed by atoms with Crippen LogP contribution in [0.25, 0.3) is 0 Å². The summed E-state index contributed by atoms with van der Waals surface area (Å²) in [5, 5.41) is 0. The molecule has 2 fully saturated rings. The zero-order chi connectivity index (χ0) is 14.7. The monoisotopic (exact) mass is 280 g/mol. The summed E-state index contributed by atoms with van der Waals surface area (Å²) in [7, 11) is 0. The number of hydrogen-bond acceptors (Lipinski definition) is 2. The first-order valence-electron chi connectivity index (χ1n) is 8.95. The van der Waals surface area contributed by atoms with E-state index in [1.54, 1.807) is 0 Å². The van der Waals surface area contributed by atoms with Gasteiger partial charge in [0.15, 0.2) is 0 Å². The lowest BCUT2D eigenvalue weighted by Gasteiger charge is -2.44. The van der Waals surface area contributed by atoms with Crippen molar-refractivity contribution in [2.45, 2.75) is 72.4 Å². The lowest BCUT2D eigenvalue weighted by molar-refractivity contribution is 0.0455. The van der Waals surface area contributed by atoms with E-state index in [0.717, 1.165) is 23.8 Å². The predicted molar refractivity (Wildman–Crippen MR) is 88.0 cm³/mol. The van der Waals surface area contributed by atoms with E-state index in [9.17, 15) is 0 Å². The number of nitrogens with zero attached hydrogens (tertiary/aromatic N) is 2. The molecule has 1 saturated heterocycles. The summed E-state index contributed by atoms with van der Waals surface area (Å²) < 4.78 is 0. The molecule has 1 heterocycles. The molecule has 118 valence electrons. The second-order valence-electron chi connectivity index (χ2n) is 7.96. The predicted octanol–water partition coefficient (Wildman–Crippen LogP) is 3.86. The molecule has 0 aromatic rings. The zero-order valence-electron chi connectivity index (χ0n) is 14.4. The van der Waals surface area contributed by atoms with Gasteiger partial charge in [-0.3, -0.25) is 9.80 Å². The van der Waals surface area contributed by atoms with Crippen LogP contribution in [0.15, 0.2) is 0 Å². The molecule has 20 heavy (non-hydrogen) atoms. The maximum absolute atomic E-state index is 2.76. The molecule has 0 radical (unpaired) electrons. The third kappa shape index (κ3) is 4.21. The fraction of sp³-hybridized carbons (Fsp3) is 1.00. The van der Waals surface area contributed by atoms with Crippen LogP contribution in [0.5, 0.6) is 0 Å². The highest BCUT2D eigenvalue weighted by molar-refractivity contribution is 4.84. The van der Waals surface area contributed by atoms with Gasteiger partial charge in [-0.15, -0.1) is 0 Å². The van der Waals surface area contributed by atoms with Crippen LogP contribution < -0.4 is 0 Å². The molecule has 0 N–H and O–H groups in total. The highest BCUT2D eigenvalue weighted by atomic mass is 15.3.